The van der Waals surface area contributed by atoms with Crippen LogP contribution in [0.3, 0.4) is 0 Å². The minimum Gasteiger partial charge on any atom is -0.379 e. The first kappa shape index (κ1) is 8.02. The smallest absolute Gasteiger partial charge is 0.0622 e. The molecule has 0 saturated carbocycles. The summed E-state index contributed by atoms with van der Waals surface area (Å²) in [4.78, 5) is 0. The van der Waals surface area contributed by atoms with Crippen LogP contribution < -0.4 is 5.32 Å². The van der Waals surface area contributed by atoms with Crippen molar-refractivity contribution in [1.29, 1.82) is 0 Å². The number of hydrogen-bond donors (Lipinski definition) is 1. The van der Waals surface area contributed by atoms with Crippen molar-refractivity contribution in [2.75, 3.05) is 19.8 Å². The molecule has 0 bridgehead atoms. The van der Waals surface area contributed by atoms with Gasteiger partial charge in [0.1, 0.15) is 0 Å². The van der Waals surface area contributed by atoms with Gasteiger partial charge in [-0.05, 0) is 5.92 Å². The molecule has 2 atom stereocenters. The van der Waals surface area contributed by atoms with E-state index in [-0.39, 0.29) is 0 Å². The molecule has 1 heterocycles. The molecule has 0 aromatic heterocycles. The molecule has 60 valence electrons. The second kappa shape index (κ2) is 3.94. The molecular formula is C8H17NO. The van der Waals surface area contributed by atoms with Gasteiger partial charge < -0.3 is 10.1 Å². The minimum atomic E-state index is 0.596. The summed E-state index contributed by atoms with van der Waals surface area (Å²) in [6.45, 7) is 7.30. The van der Waals surface area contributed by atoms with Crippen LogP contribution in [-0.4, -0.2) is 25.8 Å². The molecule has 2 heteroatoms. The largest absolute Gasteiger partial charge is 0.379 e. The van der Waals surface area contributed by atoms with E-state index in [1.165, 1.54) is 6.42 Å². The van der Waals surface area contributed by atoms with Crippen molar-refractivity contribution in [3.05, 3.63) is 0 Å². The fraction of sp³-hybridized carbons (Fsp3) is 1.00. The normalized spacial score (nSPS) is 30.0. The molecule has 0 aromatic carbocycles. The number of morpholine rings is 1. The van der Waals surface area contributed by atoms with Gasteiger partial charge in [0.15, 0.2) is 0 Å². The first-order chi connectivity index (χ1) is 4.84. The zero-order valence-electron chi connectivity index (χ0n) is 6.89. The van der Waals surface area contributed by atoms with Crippen LogP contribution in [0.5, 0.6) is 0 Å². The number of rotatable bonds is 2. The maximum absolute atomic E-state index is 5.34. The van der Waals surface area contributed by atoms with Gasteiger partial charge in [0, 0.05) is 12.6 Å². The van der Waals surface area contributed by atoms with E-state index >= 15 is 0 Å². The van der Waals surface area contributed by atoms with Gasteiger partial charge in [-0.15, -0.1) is 0 Å². The monoisotopic (exact) mass is 143 g/mol. The van der Waals surface area contributed by atoms with E-state index in [1.54, 1.807) is 0 Å². The van der Waals surface area contributed by atoms with E-state index < -0.39 is 0 Å². The average molecular weight is 143 g/mol. The quantitative estimate of drug-likeness (QED) is 0.623. The first-order valence-corrected chi connectivity index (χ1v) is 4.15. The lowest BCUT2D eigenvalue weighted by molar-refractivity contribution is 0.0588. The highest BCUT2D eigenvalue weighted by atomic mass is 16.5. The molecule has 1 rings (SSSR count). The summed E-state index contributed by atoms with van der Waals surface area (Å²) >= 11 is 0. The van der Waals surface area contributed by atoms with Gasteiger partial charge >= 0.3 is 0 Å². The van der Waals surface area contributed by atoms with Gasteiger partial charge in [-0.1, -0.05) is 20.3 Å². The van der Waals surface area contributed by atoms with Crippen molar-refractivity contribution in [3.63, 3.8) is 0 Å². The Bertz CT molecular complexity index is 89.3. The molecule has 0 unspecified atom stereocenters. The Hall–Kier alpha value is -0.0800. The molecule has 0 aromatic rings. The van der Waals surface area contributed by atoms with Crippen LogP contribution in [-0.2, 0) is 4.74 Å². The van der Waals surface area contributed by atoms with Gasteiger partial charge in [-0.2, -0.15) is 0 Å². The van der Waals surface area contributed by atoms with Gasteiger partial charge in [-0.3, -0.25) is 0 Å². The molecule has 1 N–H and O–H groups in total. The molecular weight excluding hydrogens is 126 g/mol. The second-order valence-electron chi connectivity index (χ2n) is 3.02. The van der Waals surface area contributed by atoms with Crippen LogP contribution >= 0.6 is 0 Å². The standard InChI is InChI=1S/C8H17NO/c1-3-7(2)8-6-10-5-4-9-8/h7-9H,3-6H2,1-2H3/t7-,8+/m1/s1. The Balaban J connectivity index is 2.24. The van der Waals surface area contributed by atoms with E-state index in [1.807, 2.05) is 0 Å². The van der Waals surface area contributed by atoms with Crippen molar-refractivity contribution in [1.82, 2.24) is 5.32 Å². The van der Waals surface area contributed by atoms with Gasteiger partial charge in [0.05, 0.1) is 13.2 Å². The summed E-state index contributed by atoms with van der Waals surface area (Å²) in [5, 5.41) is 3.44. The van der Waals surface area contributed by atoms with Crippen LogP contribution in [0, 0.1) is 5.92 Å². The molecule has 2 nitrogen and oxygen atoms in total. The van der Waals surface area contributed by atoms with Gasteiger partial charge in [-0.25, -0.2) is 0 Å². The lowest BCUT2D eigenvalue weighted by atomic mass is 9.99. The maximum atomic E-state index is 5.34. The average Bonchev–Trinajstić information content (AvgIpc) is 2.05. The van der Waals surface area contributed by atoms with Crippen LogP contribution in [0.2, 0.25) is 0 Å². The van der Waals surface area contributed by atoms with E-state index in [4.69, 9.17) is 4.74 Å². The van der Waals surface area contributed by atoms with Crippen LogP contribution in [0.15, 0.2) is 0 Å². The highest BCUT2D eigenvalue weighted by molar-refractivity contribution is 4.74. The Labute approximate surface area is 63.0 Å². The molecule has 1 saturated heterocycles. The summed E-state index contributed by atoms with van der Waals surface area (Å²) < 4.78 is 5.34. The lowest BCUT2D eigenvalue weighted by Crippen LogP contribution is -2.45. The van der Waals surface area contributed by atoms with Crippen molar-refractivity contribution in [3.8, 4) is 0 Å². The fourth-order valence-corrected chi connectivity index (χ4v) is 1.24. The van der Waals surface area contributed by atoms with Gasteiger partial charge in [0.2, 0.25) is 0 Å². The molecule has 1 aliphatic rings. The van der Waals surface area contributed by atoms with Crippen LogP contribution in [0.4, 0.5) is 0 Å². The minimum absolute atomic E-state index is 0.596. The molecule has 0 radical (unpaired) electrons. The number of hydrogen-bond acceptors (Lipinski definition) is 2. The summed E-state index contributed by atoms with van der Waals surface area (Å²) in [5.74, 6) is 0.750. The topological polar surface area (TPSA) is 21.3 Å². The Morgan fingerprint density at radius 1 is 1.70 bits per heavy atom. The summed E-state index contributed by atoms with van der Waals surface area (Å²) in [6.07, 6.45) is 1.24. The molecule has 0 aliphatic carbocycles. The zero-order chi connectivity index (χ0) is 7.40. The Morgan fingerprint density at radius 2 is 2.50 bits per heavy atom. The van der Waals surface area contributed by atoms with Crippen molar-refractivity contribution in [2.45, 2.75) is 26.3 Å². The lowest BCUT2D eigenvalue weighted by Gasteiger charge is -2.28. The van der Waals surface area contributed by atoms with Crippen molar-refractivity contribution < 1.29 is 4.74 Å². The third kappa shape index (κ3) is 1.96. The highest BCUT2D eigenvalue weighted by Gasteiger charge is 2.17. The maximum Gasteiger partial charge on any atom is 0.0622 e. The summed E-state index contributed by atoms with van der Waals surface area (Å²) in [7, 11) is 0. The van der Waals surface area contributed by atoms with Crippen LogP contribution in [0.1, 0.15) is 20.3 Å². The fourth-order valence-electron chi connectivity index (χ4n) is 1.24. The van der Waals surface area contributed by atoms with E-state index in [2.05, 4.69) is 19.2 Å². The van der Waals surface area contributed by atoms with Crippen molar-refractivity contribution >= 4 is 0 Å². The Kier molecular flexibility index (Phi) is 3.16. The van der Waals surface area contributed by atoms with Crippen LogP contribution in [0.25, 0.3) is 0 Å². The number of ether oxygens (including phenoxy) is 1. The summed E-state index contributed by atoms with van der Waals surface area (Å²) in [6, 6.07) is 0.596. The predicted molar refractivity (Wildman–Crippen MR) is 42.1 cm³/mol. The Morgan fingerprint density at radius 3 is 3.00 bits per heavy atom. The number of nitrogens with one attached hydrogen (secondary N) is 1. The molecule has 0 spiro atoms. The third-order valence-electron chi connectivity index (χ3n) is 2.28. The third-order valence-corrected chi connectivity index (χ3v) is 2.28. The summed E-state index contributed by atoms with van der Waals surface area (Å²) in [5.41, 5.74) is 0. The predicted octanol–water partition coefficient (Wildman–Crippen LogP) is 1.02. The van der Waals surface area contributed by atoms with E-state index in [9.17, 15) is 0 Å². The molecule has 0 amide bonds. The molecule has 10 heavy (non-hydrogen) atoms. The SMILES string of the molecule is CC[C@@H](C)[C@@H]1COCCN1. The zero-order valence-corrected chi connectivity index (χ0v) is 6.89. The first-order valence-electron chi connectivity index (χ1n) is 4.15. The van der Waals surface area contributed by atoms with Crippen molar-refractivity contribution in [2.24, 2.45) is 5.92 Å². The van der Waals surface area contributed by atoms with Gasteiger partial charge in [0.25, 0.3) is 0 Å². The molecule has 1 fully saturated rings. The van der Waals surface area contributed by atoms with E-state index in [0.717, 1.165) is 25.7 Å². The second-order valence-corrected chi connectivity index (χ2v) is 3.02. The highest BCUT2D eigenvalue weighted by Crippen LogP contribution is 2.09. The van der Waals surface area contributed by atoms with E-state index in [0.29, 0.717) is 6.04 Å². The molecule has 1 aliphatic heterocycles.